The number of anilines is 1. The molecule has 3 rings (SSSR count). The van der Waals surface area contributed by atoms with E-state index in [4.69, 9.17) is 0 Å². The third-order valence-electron chi connectivity index (χ3n) is 3.86. The Kier molecular flexibility index (Phi) is 4.36. The molecule has 0 aliphatic carbocycles. The van der Waals surface area contributed by atoms with Gasteiger partial charge in [0.2, 0.25) is 0 Å². The van der Waals surface area contributed by atoms with Gasteiger partial charge in [0, 0.05) is 23.1 Å². The highest BCUT2D eigenvalue weighted by molar-refractivity contribution is 7.92. The van der Waals surface area contributed by atoms with Crippen molar-refractivity contribution in [3.63, 3.8) is 0 Å². The van der Waals surface area contributed by atoms with Gasteiger partial charge in [-0.15, -0.1) is 0 Å². The summed E-state index contributed by atoms with van der Waals surface area (Å²) in [6.45, 7) is 5.48. The molecule has 26 heavy (non-hydrogen) atoms. The van der Waals surface area contributed by atoms with E-state index >= 15 is 0 Å². The number of nitro groups is 1. The zero-order valence-corrected chi connectivity index (χ0v) is 15.2. The van der Waals surface area contributed by atoms with E-state index in [-0.39, 0.29) is 22.3 Å². The first kappa shape index (κ1) is 17.8. The number of pyridine rings is 1. The maximum absolute atomic E-state index is 12.6. The van der Waals surface area contributed by atoms with Crippen LogP contribution in [-0.4, -0.2) is 28.1 Å². The standard InChI is InChI=1S/C16H17N5O4S/c1-10(2)20-16-12(8-18-20)6-13(9-17-16)19-26(24,25)14-5-4-11(3)15(7-14)21(22)23/h4-10,19H,1-3H3. The summed E-state index contributed by atoms with van der Waals surface area (Å²) in [5.41, 5.74) is 1.04. The fraction of sp³-hybridized carbons (Fsp3) is 0.250. The molecule has 2 aromatic heterocycles. The van der Waals surface area contributed by atoms with Crippen LogP contribution in [0.15, 0.2) is 41.6 Å². The number of nitro benzene ring substituents is 1. The van der Waals surface area contributed by atoms with E-state index in [1.807, 2.05) is 13.8 Å². The number of rotatable bonds is 5. The number of nitrogens with zero attached hydrogens (tertiary/aromatic N) is 4. The molecule has 0 radical (unpaired) electrons. The van der Waals surface area contributed by atoms with E-state index in [0.29, 0.717) is 16.6 Å². The summed E-state index contributed by atoms with van der Waals surface area (Å²) in [6.07, 6.45) is 3.00. The number of benzene rings is 1. The summed E-state index contributed by atoms with van der Waals surface area (Å²) in [5, 5.41) is 16.0. The monoisotopic (exact) mass is 375 g/mol. The minimum absolute atomic E-state index is 0.121. The first-order chi connectivity index (χ1) is 12.2. The molecule has 0 saturated carbocycles. The first-order valence-corrected chi connectivity index (χ1v) is 9.28. The third-order valence-corrected chi connectivity index (χ3v) is 5.24. The Bertz CT molecular complexity index is 1110. The molecule has 0 amide bonds. The van der Waals surface area contributed by atoms with Gasteiger partial charge in [-0.3, -0.25) is 14.8 Å². The maximum Gasteiger partial charge on any atom is 0.273 e. The van der Waals surface area contributed by atoms with Crippen molar-refractivity contribution in [3.8, 4) is 0 Å². The van der Waals surface area contributed by atoms with Gasteiger partial charge in [-0.2, -0.15) is 5.10 Å². The van der Waals surface area contributed by atoms with Crippen LogP contribution in [0.25, 0.3) is 11.0 Å². The molecule has 1 N–H and O–H groups in total. The van der Waals surface area contributed by atoms with E-state index in [1.54, 1.807) is 23.9 Å². The van der Waals surface area contributed by atoms with Crippen molar-refractivity contribution < 1.29 is 13.3 Å². The maximum atomic E-state index is 12.6. The fourth-order valence-electron chi connectivity index (χ4n) is 2.54. The Morgan fingerprint density at radius 3 is 2.62 bits per heavy atom. The lowest BCUT2D eigenvalue weighted by molar-refractivity contribution is -0.385. The van der Waals surface area contributed by atoms with Gasteiger partial charge in [0.05, 0.1) is 27.9 Å². The summed E-state index contributed by atoms with van der Waals surface area (Å²) in [7, 11) is -3.99. The van der Waals surface area contributed by atoms with Crippen LogP contribution in [0.3, 0.4) is 0 Å². The summed E-state index contributed by atoms with van der Waals surface area (Å²) in [4.78, 5) is 14.5. The van der Waals surface area contributed by atoms with Crippen LogP contribution in [0.2, 0.25) is 0 Å². The molecular formula is C16H17N5O4S. The van der Waals surface area contributed by atoms with Crippen molar-refractivity contribution in [2.75, 3.05) is 4.72 Å². The highest BCUT2D eigenvalue weighted by atomic mass is 32.2. The fourth-order valence-corrected chi connectivity index (χ4v) is 3.59. The predicted octanol–water partition coefficient (Wildman–Crippen LogP) is 3.03. The lowest BCUT2D eigenvalue weighted by atomic mass is 10.2. The van der Waals surface area contributed by atoms with E-state index in [1.165, 1.54) is 18.3 Å². The van der Waals surface area contributed by atoms with Crippen molar-refractivity contribution in [2.24, 2.45) is 0 Å². The molecule has 2 heterocycles. The minimum atomic E-state index is -3.99. The highest BCUT2D eigenvalue weighted by Gasteiger charge is 2.20. The second-order valence-electron chi connectivity index (χ2n) is 6.13. The van der Waals surface area contributed by atoms with Gasteiger partial charge in [-0.05, 0) is 32.9 Å². The number of nitrogens with one attached hydrogen (secondary N) is 1. The largest absolute Gasteiger partial charge is 0.278 e. The zero-order chi connectivity index (χ0) is 19.1. The molecule has 1 aromatic carbocycles. The topological polar surface area (TPSA) is 120 Å². The van der Waals surface area contributed by atoms with E-state index < -0.39 is 14.9 Å². The Balaban J connectivity index is 1.96. The van der Waals surface area contributed by atoms with Gasteiger partial charge < -0.3 is 0 Å². The molecule has 10 heteroatoms. The molecule has 0 bridgehead atoms. The van der Waals surface area contributed by atoms with Gasteiger partial charge in [0.1, 0.15) is 0 Å². The molecule has 136 valence electrons. The van der Waals surface area contributed by atoms with E-state index in [2.05, 4.69) is 14.8 Å². The first-order valence-electron chi connectivity index (χ1n) is 7.80. The Labute approximate surface area is 149 Å². The number of aryl methyl sites for hydroxylation is 1. The van der Waals surface area contributed by atoms with Gasteiger partial charge in [-0.1, -0.05) is 6.07 Å². The summed E-state index contributed by atoms with van der Waals surface area (Å²) >= 11 is 0. The molecule has 0 spiro atoms. The molecule has 0 unspecified atom stereocenters. The SMILES string of the molecule is Cc1ccc(S(=O)(=O)Nc2cnc3c(cnn3C(C)C)c2)cc1[N+](=O)[O-]. The number of sulfonamides is 1. The predicted molar refractivity (Wildman–Crippen MR) is 96.6 cm³/mol. The molecular weight excluding hydrogens is 358 g/mol. The number of aromatic nitrogens is 3. The average Bonchev–Trinajstić information content (AvgIpc) is 2.97. The van der Waals surface area contributed by atoms with Crippen molar-refractivity contribution >= 4 is 32.4 Å². The van der Waals surface area contributed by atoms with Crippen LogP contribution in [-0.2, 0) is 10.0 Å². The van der Waals surface area contributed by atoms with Crippen LogP contribution in [0.1, 0.15) is 25.5 Å². The minimum Gasteiger partial charge on any atom is -0.278 e. The van der Waals surface area contributed by atoms with Crippen molar-refractivity contribution in [1.82, 2.24) is 14.8 Å². The van der Waals surface area contributed by atoms with Crippen LogP contribution in [0.4, 0.5) is 11.4 Å². The highest BCUT2D eigenvalue weighted by Crippen LogP contribution is 2.25. The molecule has 9 nitrogen and oxygen atoms in total. The summed E-state index contributed by atoms with van der Waals surface area (Å²) < 4.78 is 29.2. The molecule has 0 saturated heterocycles. The van der Waals surface area contributed by atoms with Crippen LogP contribution >= 0.6 is 0 Å². The Hall–Kier alpha value is -3.01. The molecule has 3 aromatic rings. The second kappa shape index (κ2) is 6.37. The average molecular weight is 375 g/mol. The van der Waals surface area contributed by atoms with E-state index in [9.17, 15) is 18.5 Å². The van der Waals surface area contributed by atoms with Crippen molar-refractivity contribution in [2.45, 2.75) is 31.7 Å². The molecule has 0 aliphatic rings. The van der Waals surface area contributed by atoms with Gasteiger partial charge in [0.25, 0.3) is 15.7 Å². The van der Waals surface area contributed by atoms with Gasteiger partial charge in [0.15, 0.2) is 5.65 Å². The van der Waals surface area contributed by atoms with E-state index in [0.717, 1.165) is 6.07 Å². The second-order valence-corrected chi connectivity index (χ2v) is 7.81. The van der Waals surface area contributed by atoms with Crippen molar-refractivity contribution in [3.05, 3.63) is 52.3 Å². The van der Waals surface area contributed by atoms with Gasteiger partial charge >= 0.3 is 0 Å². The van der Waals surface area contributed by atoms with Crippen LogP contribution < -0.4 is 4.72 Å². The Morgan fingerprint density at radius 2 is 1.96 bits per heavy atom. The smallest absolute Gasteiger partial charge is 0.273 e. The lowest BCUT2D eigenvalue weighted by Gasteiger charge is -2.09. The molecule has 0 atom stereocenters. The number of hydrogen-bond acceptors (Lipinski definition) is 6. The quantitative estimate of drug-likeness (QED) is 0.540. The Morgan fingerprint density at radius 1 is 1.23 bits per heavy atom. The lowest BCUT2D eigenvalue weighted by Crippen LogP contribution is -2.13. The molecule has 0 aliphatic heterocycles. The summed E-state index contributed by atoms with van der Waals surface area (Å²) in [6, 6.07) is 5.51. The molecule has 0 fully saturated rings. The number of hydrogen-bond donors (Lipinski definition) is 1. The van der Waals surface area contributed by atoms with Crippen LogP contribution in [0, 0.1) is 17.0 Å². The van der Waals surface area contributed by atoms with Crippen LogP contribution in [0.5, 0.6) is 0 Å². The van der Waals surface area contributed by atoms with Crippen molar-refractivity contribution in [1.29, 1.82) is 0 Å². The summed E-state index contributed by atoms with van der Waals surface area (Å²) in [5.74, 6) is 0. The number of fused-ring (bicyclic) bond motifs is 1. The third kappa shape index (κ3) is 3.23. The zero-order valence-electron chi connectivity index (χ0n) is 14.4. The van der Waals surface area contributed by atoms with Gasteiger partial charge in [-0.25, -0.2) is 18.1 Å². The normalized spacial score (nSPS) is 11.8.